The molecule has 2 nitrogen and oxygen atoms in total. The zero-order valence-corrected chi connectivity index (χ0v) is 11.5. The third-order valence-electron chi connectivity index (χ3n) is 3.23. The largest absolute Gasteiger partial charge is 0.417 e. The molecule has 1 saturated carbocycles. The van der Waals surface area contributed by atoms with Crippen LogP contribution in [0.2, 0.25) is 0 Å². The molecular formula is C13H17F3N2S. The van der Waals surface area contributed by atoms with Crippen LogP contribution in [0.25, 0.3) is 0 Å². The van der Waals surface area contributed by atoms with Crippen molar-refractivity contribution in [2.75, 3.05) is 6.54 Å². The Bertz CT molecular complexity index is 405. The molecule has 1 aromatic rings. The Morgan fingerprint density at radius 3 is 2.74 bits per heavy atom. The van der Waals surface area contributed by atoms with E-state index in [0.717, 1.165) is 38.1 Å². The predicted molar refractivity (Wildman–Crippen MR) is 70.2 cm³/mol. The third-order valence-corrected chi connectivity index (χ3v) is 4.47. The molecule has 2 rings (SSSR count). The van der Waals surface area contributed by atoms with Crippen molar-refractivity contribution in [1.82, 2.24) is 10.3 Å². The molecule has 0 amide bonds. The first-order valence-electron chi connectivity index (χ1n) is 6.42. The van der Waals surface area contributed by atoms with E-state index in [-0.39, 0.29) is 0 Å². The van der Waals surface area contributed by atoms with E-state index in [1.807, 2.05) is 0 Å². The number of thioether (sulfide) groups is 1. The molecule has 0 saturated heterocycles. The number of nitrogens with one attached hydrogen (secondary N) is 1. The van der Waals surface area contributed by atoms with Gasteiger partial charge in [-0.2, -0.15) is 13.2 Å². The standard InChI is InChI=1S/C13H17F3N2S/c1-2-17-10-4-5-11(7-10)19-12-6-3-9(8-18-12)13(14,15)16/h3,6,8,10-11,17H,2,4-5,7H2,1H3. The second-order valence-corrected chi connectivity index (χ2v) is 6.01. The number of nitrogens with zero attached hydrogens (tertiary/aromatic N) is 1. The summed E-state index contributed by atoms with van der Waals surface area (Å²) in [5, 5.41) is 4.53. The normalized spacial score (nSPS) is 23.8. The molecule has 2 unspecified atom stereocenters. The molecule has 106 valence electrons. The van der Waals surface area contributed by atoms with Gasteiger partial charge in [-0.3, -0.25) is 0 Å². The Kier molecular flexibility index (Phi) is 4.73. The van der Waals surface area contributed by atoms with Crippen molar-refractivity contribution >= 4 is 11.8 Å². The van der Waals surface area contributed by atoms with Gasteiger partial charge in [-0.15, -0.1) is 11.8 Å². The van der Waals surface area contributed by atoms with Crippen LogP contribution in [-0.4, -0.2) is 22.8 Å². The van der Waals surface area contributed by atoms with Crippen molar-refractivity contribution in [2.24, 2.45) is 0 Å². The molecular weight excluding hydrogens is 273 g/mol. The Balaban J connectivity index is 1.90. The highest BCUT2D eigenvalue weighted by Gasteiger charge is 2.31. The van der Waals surface area contributed by atoms with Crippen molar-refractivity contribution < 1.29 is 13.2 Å². The lowest BCUT2D eigenvalue weighted by Crippen LogP contribution is -2.26. The molecule has 1 N–H and O–H groups in total. The minimum Gasteiger partial charge on any atom is -0.314 e. The van der Waals surface area contributed by atoms with Crippen LogP contribution in [0.1, 0.15) is 31.7 Å². The highest BCUT2D eigenvalue weighted by atomic mass is 32.2. The van der Waals surface area contributed by atoms with E-state index >= 15 is 0 Å². The fourth-order valence-corrected chi connectivity index (χ4v) is 3.49. The molecule has 6 heteroatoms. The van der Waals surface area contributed by atoms with Crippen molar-refractivity contribution in [3.63, 3.8) is 0 Å². The fourth-order valence-electron chi connectivity index (χ4n) is 2.31. The summed E-state index contributed by atoms with van der Waals surface area (Å²) < 4.78 is 37.2. The van der Waals surface area contributed by atoms with Gasteiger partial charge in [-0.25, -0.2) is 4.98 Å². The molecule has 0 aliphatic heterocycles. The van der Waals surface area contributed by atoms with Gasteiger partial charge in [-0.1, -0.05) is 6.92 Å². The Morgan fingerprint density at radius 2 is 2.16 bits per heavy atom. The molecule has 1 heterocycles. The van der Waals surface area contributed by atoms with Gasteiger partial charge in [0.05, 0.1) is 10.6 Å². The SMILES string of the molecule is CCNC1CCC(Sc2ccc(C(F)(F)F)cn2)C1. The third kappa shape index (κ3) is 4.11. The van der Waals surface area contributed by atoms with Crippen LogP contribution >= 0.6 is 11.8 Å². The average Bonchev–Trinajstić information content (AvgIpc) is 2.77. The summed E-state index contributed by atoms with van der Waals surface area (Å²) in [5.41, 5.74) is -0.686. The highest BCUT2D eigenvalue weighted by molar-refractivity contribution is 7.99. The van der Waals surface area contributed by atoms with Crippen molar-refractivity contribution in [1.29, 1.82) is 0 Å². The molecule has 0 aromatic carbocycles. The second kappa shape index (κ2) is 6.13. The maximum atomic E-state index is 12.4. The van der Waals surface area contributed by atoms with Gasteiger partial charge in [-0.05, 0) is 37.9 Å². The first kappa shape index (κ1) is 14.7. The Morgan fingerprint density at radius 1 is 1.37 bits per heavy atom. The van der Waals surface area contributed by atoms with Gasteiger partial charge in [0.2, 0.25) is 0 Å². The molecule has 1 aliphatic rings. The lowest BCUT2D eigenvalue weighted by Gasteiger charge is -2.12. The molecule has 0 radical (unpaired) electrons. The fraction of sp³-hybridized carbons (Fsp3) is 0.615. The van der Waals surface area contributed by atoms with Crippen LogP contribution in [0.4, 0.5) is 13.2 Å². The maximum Gasteiger partial charge on any atom is 0.417 e. The topological polar surface area (TPSA) is 24.9 Å². The molecule has 0 spiro atoms. The molecule has 0 bridgehead atoms. The van der Waals surface area contributed by atoms with Crippen LogP contribution < -0.4 is 5.32 Å². The maximum absolute atomic E-state index is 12.4. The van der Waals surface area contributed by atoms with Crippen molar-refractivity contribution in [3.05, 3.63) is 23.9 Å². The van der Waals surface area contributed by atoms with Crippen LogP contribution in [0.3, 0.4) is 0 Å². The number of hydrogen-bond donors (Lipinski definition) is 1. The molecule has 1 aliphatic carbocycles. The molecule has 1 fully saturated rings. The Hall–Kier alpha value is -0.750. The first-order chi connectivity index (χ1) is 8.99. The van der Waals surface area contributed by atoms with E-state index < -0.39 is 11.7 Å². The van der Waals surface area contributed by atoms with Gasteiger partial charge < -0.3 is 5.32 Å². The number of hydrogen-bond acceptors (Lipinski definition) is 3. The quantitative estimate of drug-likeness (QED) is 0.914. The van der Waals surface area contributed by atoms with Gasteiger partial charge in [0.1, 0.15) is 0 Å². The van der Waals surface area contributed by atoms with Gasteiger partial charge in [0.25, 0.3) is 0 Å². The van der Waals surface area contributed by atoms with E-state index in [4.69, 9.17) is 0 Å². The second-order valence-electron chi connectivity index (χ2n) is 4.69. The number of pyridine rings is 1. The number of alkyl halides is 3. The van der Waals surface area contributed by atoms with Crippen LogP contribution in [0.15, 0.2) is 23.4 Å². The van der Waals surface area contributed by atoms with E-state index in [1.54, 1.807) is 11.8 Å². The van der Waals surface area contributed by atoms with Gasteiger partial charge in [0, 0.05) is 17.5 Å². The summed E-state index contributed by atoms with van der Waals surface area (Å²) in [6.45, 7) is 3.04. The van der Waals surface area contributed by atoms with E-state index in [0.29, 0.717) is 16.3 Å². The minimum absolute atomic E-state index is 0.452. The van der Waals surface area contributed by atoms with Crippen LogP contribution in [0, 0.1) is 0 Å². The summed E-state index contributed by atoms with van der Waals surface area (Å²) in [6, 6.07) is 3.11. The van der Waals surface area contributed by atoms with Crippen LogP contribution in [0.5, 0.6) is 0 Å². The zero-order chi connectivity index (χ0) is 13.9. The lowest BCUT2D eigenvalue weighted by molar-refractivity contribution is -0.137. The minimum atomic E-state index is -4.31. The van der Waals surface area contributed by atoms with E-state index in [9.17, 15) is 13.2 Å². The zero-order valence-electron chi connectivity index (χ0n) is 10.7. The smallest absolute Gasteiger partial charge is 0.314 e. The summed E-state index contributed by atoms with van der Waals surface area (Å²) in [5.74, 6) is 0. The van der Waals surface area contributed by atoms with E-state index in [2.05, 4.69) is 17.2 Å². The molecule has 2 atom stereocenters. The van der Waals surface area contributed by atoms with Gasteiger partial charge >= 0.3 is 6.18 Å². The summed E-state index contributed by atoms with van der Waals surface area (Å²) in [6.07, 6.45) is -0.114. The monoisotopic (exact) mass is 290 g/mol. The molecule has 19 heavy (non-hydrogen) atoms. The molecule has 1 aromatic heterocycles. The first-order valence-corrected chi connectivity index (χ1v) is 7.30. The number of aromatic nitrogens is 1. The Labute approximate surface area is 115 Å². The number of halogens is 3. The number of rotatable bonds is 4. The van der Waals surface area contributed by atoms with Crippen LogP contribution in [-0.2, 0) is 6.18 Å². The predicted octanol–water partition coefficient (Wildman–Crippen LogP) is 3.72. The van der Waals surface area contributed by atoms with E-state index in [1.165, 1.54) is 6.07 Å². The summed E-state index contributed by atoms with van der Waals surface area (Å²) >= 11 is 1.58. The summed E-state index contributed by atoms with van der Waals surface area (Å²) in [7, 11) is 0. The van der Waals surface area contributed by atoms with Crippen molar-refractivity contribution in [2.45, 2.75) is 48.7 Å². The average molecular weight is 290 g/mol. The lowest BCUT2D eigenvalue weighted by atomic mass is 10.2. The van der Waals surface area contributed by atoms with Gasteiger partial charge in [0.15, 0.2) is 0 Å². The summed E-state index contributed by atoms with van der Waals surface area (Å²) in [4.78, 5) is 3.90. The van der Waals surface area contributed by atoms with Crippen molar-refractivity contribution in [3.8, 4) is 0 Å². The highest BCUT2D eigenvalue weighted by Crippen LogP contribution is 2.35.